The maximum absolute atomic E-state index is 12.4. The molecule has 9 heteroatoms. The summed E-state index contributed by atoms with van der Waals surface area (Å²) < 4.78 is 8.45. The molecule has 0 aromatic carbocycles. The molecule has 0 saturated carbocycles. The molecule has 0 amide bonds. The van der Waals surface area contributed by atoms with Gasteiger partial charge < -0.3 is 4.74 Å². The molecule has 9 nitrogen and oxygen atoms in total. The van der Waals surface area contributed by atoms with Crippen LogP contribution < -0.4 is 5.56 Å². The Morgan fingerprint density at radius 2 is 2.00 bits per heavy atom. The first-order chi connectivity index (χ1) is 13.4. The van der Waals surface area contributed by atoms with Gasteiger partial charge in [-0.25, -0.2) is 14.5 Å². The number of aromatic nitrogens is 6. The third kappa shape index (κ3) is 3.11. The molecule has 0 spiro atoms. The number of carbonyl (C=O) groups is 1. The lowest BCUT2D eigenvalue weighted by atomic mass is 10.1. The minimum absolute atomic E-state index is 0.0478. The third-order valence-corrected chi connectivity index (χ3v) is 4.62. The van der Waals surface area contributed by atoms with Crippen LogP contribution in [0, 0.1) is 20.8 Å². The first-order valence-corrected chi connectivity index (χ1v) is 8.74. The Morgan fingerprint density at radius 1 is 1.18 bits per heavy atom. The largest absolute Gasteiger partial charge is 0.459 e. The van der Waals surface area contributed by atoms with Gasteiger partial charge in [0.15, 0.2) is 0 Å². The smallest absolute Gasteiger partial charge is 0.310 e. The first kappa shape index (κ1) is 17.8. The van der Waals surface area contributed by atoms with Crippen LogP contribution in [0.25, 0.3) is 11.4 Å². The quantitative estimate of drug-likeness (QED) is 0.494. The number of esters is 1. The van der Waals surface area contributed by atoms with Crippen LogP contribution in [0.4, 0.5) is 0 Å². The van der Waals surface area contributed by atoms with Crippen LogP contribution >= 0.6 is 0 Å². The van der Waals surface area contributed by atoms with Crippen molar-refractivity contribution in [3.63, 3.8) is 0 Å². The van der Waals surface area contributed by atoms with Crippen molar-refractivity contribution < 1.29 is 9.53 Å². The Kier molecular flexibility index (Phi) is 4.34. The molecule has 0 N–H and O–H groups in total. The van der Waals surface area contributed by atoms with Gasteiger partial charge in [0.2, 0.25) is 0 Å². The van der Waals surface area contributed by atoms with E-state index in [-0.39, 0.29) is 18.6 Å². The molecular formula is C19H18N6O3. The Morgan fingerprint density at radius 3 is 2.82 bits per heavy atom. The fourth-order valence-electron chi connectivity index (χ4n) is 3.20. The summed E-state index contributed by atoms with van der Waals surface area (Å²) in [6.07, 6.45) is 1.47. The van der Waals surface area contributed by atoms with Crippen molar-refractivity contribution in [2.45, 2.75) is 33.8 Å². The highest BCUT2D eigenvalue weighted by atomic mass is 16.5. The second-order valence-electron chi connectivity index (χ2n) is 6.52. The zero-order valence-electron chi connectivity index (χ0n) is 15.7. The predicted molar refractivity (Wildman–Crippen MR) is 100.0 cm³/mol. The van der Waals surface area contributed by atoms with E-state index in [1.165, 1.54) is 16.8 Å². The Bertz CT molecular complexity index is 1270. The van der Waals surface area contributed by atoms with E-state index in [9.17, 15) is 9.59 Å². The van der Waals surface area contributed by atoms with E-state index in [2.05, 4.69) is 20.1 Å². The summed E-state index contributed by atoms with van der Waals surface area (Å²) in [6, 6.07) is 6.78. The summed E-state index contributed by atoms with van der Waals surface area (Å²) >= 11 is 0. The standard InChI is InChI=1S/C19H18N6O3/c1-11-5-4-6-16-23-14(7-17(26)24(11)16)9-28-18(27)8-15-12(2)22-19-20-10-21-25(19)13(15)3/h4-7,10H,8-9H2,1-3H3. The lowest BCUT2D eigenvalue weighted by Gasteiger charge is -2.11. The number of ether oxygens (including phenoxy) is 1. The summed E-state index contributed by atoms with van der Waals surface area (Å²) in [5.74, 6) is 0.0574. The van der Waals surface area contributed by atoms with Crippen molar-refractivity contribution in [2.75, 3.05) is 0 Å². The highest BCUT2D eigenvalue weighted by Gasteiger charge is 2.16. The molecule has 0 aliphatic rings. The van der Waals surface area contributed by atoms with Crippen LogP contribution in [0.3, 0.4) is 0 Å². The summed E-state index contributed by atoms with van der Waals surface area (Å²) in [7, 11) is 0. The lowest BCUT2D eigenvalue weighted by molar-refractivity contribution is -0.144. The maximum atomic E-state index is 12.4. The molecule has 0 fully saturated rings. The van der Waals surface area contributed by atoms with Crippen molar-refractivity contribution in [2.24, 2.45) is 0 Å². The Labute approximate surface area is 159 Å². The van der Waals surface area contributed by atoms with Gasteiger partial charge in [-0.2, -0.15) is 10.1 Å². The average molecular weight is 378 g/mol. The van der Waals surface area contributed by atoms with Crippen LogP contribution in [-0.2, 0) is 22.6 Å². The van der Waals surface area contributed by atoms with Crippen LogP contribution in [0.2, 0.25) is 0 Å². The van der Waals surface area contributed by atoms with Gasteiger partial charge in [0.25, 0.3) is 11.3 Å². The van der Waals surface area contributed by atoms with E-state index in [1.807, 2.05) is 32.9 Å². The zero-order chi connectivity index (χ0) is 19.8. The number of aryl methyl sites for hydroxylation is 3. The zero-order valence-corrected chi connectivity index (χ0v) is 15.7. The van der Waals surface area contributed by atoms with Gasteiger partial charge in [-0.15, -0.1) is 0 Å². The van der Waals surface area contributed by atoms with E-state index < -0.39 is 5.97 Å². The summed E-state index contributed by atoms with van der Waals surface area (Å²) in [6.45, 7) is 5.43. The minimum atomic E-state index is -0.432. The second-order valence-corrected chi connectivity index (χ2v) is 6.52. The van der Waals surface area contributed by atoms with Crippen LogP contribution in [0.1, 0.15) is 28.3 Å². The van der Waals surface area contributed by atoms with Gasteiger partial charge in [0.1, 0.15) is 18.6 Å². The molecule has 0 bridgehead atoms. The highest BCUT2D eigenvalue weighted by Crippen LogP contribution is 2.14. The number of carbonyl (C=O) groups excluding carboxylic acids is 1. The molecule has 0 radical (unpaired) electrons. The van der Waals surface area contributed by atoms with Crippen molar-refractivity contribution in [1.82, 2.24) is 29.0 Å². The van der Waals surface area contributed by atoms with Gasteiger partial charge in [-0.05, 0) is 32.9 Å². The highest BCUT2D eigenvalue weighted by molar-refractivity contribution is 5.73. The molecule has 0 atom stereocenters. The first-order valence-electron chi connectivity index (χ1n) is 8.74. The molecular weight excluding hydrogens is 360 g/mol. The van der Waals surface area contributed by atoms with Gasteiger partial charge in [-0.3, -0.25) is 14.0 Å². The molecule has 0 saturated heterocycles. The topological polar surface area (TPSA) is 104 Å². The van der Waals surface area contributed by atoms with Crippen molar-refractivity contribution in [3.8, 4) is 0 Å². The van der Waals surface area contributed by atoms with Crippen molar-refractivity contribution in [1.29, 1.82) is 0 Å². The Hall–Kier alpha value is -3.62. The molecule has 0 aliphatic heterocycles. The minimum Gasteiger partial charge on any atom is -0.459 e. The summed E-state index contributed by atoms with van der Waals surface area (Å²) in [4.78, 5) is 37.5. The molecule has 4 heterocycles. The Balaban J connectivity index is 1.53. The van der Waals surface area contributed by atoms with Crippen molar-refractivity contribution in [3.05, 3.63) is 69.3 Å². The van der Waals surface area contributed by atoms with Crippen LogP contribution in [0.5, 0.6) is 0 Å². The van der Waals surface area contributed by atoms with Crippen LogP contribution in [-0.4, -0.2) is 34.9 Å². The number of hydrogen-bond acceptors (Lipinski definition) is 7. The monoisotopic (exact) mass is 378 g/mol. The third-order valence-electron chi connectivity index (χ3n) is 4.62. The molecule has 142 valence electrons. The molecule has 0 unspecified atom stereocenters. The van der Waals surface area contributed by atoms with E-state index in [4.69, 9.17) is 4.74 Å². The fraction of sp³-hybridized carbons (Fsp3) is 0.263. The van der Waals surface area contributed by atoms with Gasteiger partial charge in [-0.1, -0.05) is 6.07 Å². The maximum Gasteiger partial charge on any atom is 0.310 e. The molecule has 4 rings (SSSR count). The van der Waals surface area contributed by atoms with E-state index >= 15 is 0 Å². The van der Waals surface area contributed by atoms with Crippen LogP contribution in [0.15, 0.2) is 35.4 Å². The number of fused-ring (bicyclic) bond motifs is 2. The lowest BCUT2D eigenvalue weighted by Crippen LogP contribution is -2.19. The molecule has 4 aromatic rings. The average Bonchev–Trinajstić information content (AvgIpc) is 3.12. The molecule has 28 heavy (non-hydrogen) atoms. The van der Waals surface area contributed by atoms with Gasteiger partial charge in [0.05, 0.1) is 12.1 Å². The number of hydrogen-bond donors (Lipinski definition) is 0. The number of rotatable bonds is 4. The molecule has 0 aliphatic carbocycles. The molecule has 4 aromatic heterocycles. The summed E-state index contributed by atoms with van der Waals surface area (Å²) in [5, 5.41) is 4.11. The van der Waals surface area contributed by atoms with E-state index in [0.717, 1.165) is 17.0 Å². The SMILES string of the molecule is Cc1nc2ncnn2c(C)c1CC(=O)OCc1cc(=O)n2c(C)cccc2n1. The second kappa shape index (κ2) is 6.84. The van der Waals surface area contributed by atoms with Crippen molar-refractivity contribution >= 4 is 17.4 Å². The number of pyridine rings is 1. The number of nitrogens with zero attached hydrogens (tertiary/aromatic N) is 6. The van der Waals surface area contributed by atoms with E-state index in [1.54, 1.807) is 10.6 Å². The predicted octanol–water partition coefficient (Wildman–Crippen LogP) is 1.34. The normalized spacial score (nSPS) is 11.2. The van der Waals surface area contributed by atoms with Gasteiger partial charge in [0, 0.05) is 28.7 Å². The van der Waals surface area contributed by atoms with E-state index in [0.29, 0.717) is 22.8 Å². The fourth-order valence-corrected chi connectivity index (χ4v) is 3.20. The van der Waals surface area contributed by atoms with Gasteiger partial charge >= 0.3 is 5.97 Å². The summed E-state index contributed by atoms with van der Waals surface area (Å²) in [5.41, 5.74) is 3.74.